The summed E-state index contributed by atoms with van der Waals surface area (Å²) in [5.74, 6) is 0.141. The number of hydrogen-bond donors (Lipinski definition) is 2. The van der Waals surface area contributed by atoms with Crippen LogP contribution in [-0.2, 0) is 6.54 Å². The summed E-state index contributed by atoms with van der Waals surface area (Å²) in [5, 5.41) is 9.46. The summed E-state index contributed by atoms with van der Waals surface area (Å²) in [6.45, 7) is 5.96. The first-order chi connectivity index (χ1) is 9.11. The second-order valence-corrected chi connectivity index (χ2v) is 4.69. The van der Waals surface area contributed by atoms with Gasteiger partial charge in [0.25, 0.3) is 0 Å². The fourth-order valence-corrected chi connectivity index (χ4v) is 2.21. The Morgan fingerprint density at radius 3 is 2.53 bits per heavy atom. The number of benzene rings is 2. The molecule has 0 amide bonds. The van der Waals surface area contributed by atoms with Gasteiger partial charge < -0.3 is 15.7 Å². The lowest BCUT2D eigenvalue weighted by molar-refractivity contribution is 0.477. The van der Waals surface area contributed by atoms with Gasteiger partial charge in [-0.05, 0) is 43.2 Å². The molecule has 19 heavy (non-hydrogen) atoms. The molecule has 3 heteroatoms. The van der Waals surface area contributed by atoms with Crippen LogP contribution in [0.5, 0.6) is 5.75 Å². The second kappa shape index (κ2) is 5.65. The van der Waals surface area contributed by atoms with Crippen molar-refractivity contribution in [1.82, 2.24) is 0 Å². The van der Waals surface area contributed by atoms with E-state index >= 15 is 0 Å². The first-order valence-electron chi connectivity index (χ1n) is 6.49. The molecule has 0 radical (unpaired) electrons. The zero-order valence-corrected chi connectivity index (χ0v) is 11.4. The Morgan fingerprint density at radius 2 is 1.89 bits per heavy atom. The van der Waals surface area contributed by atoms with E-state index in [0.717, 1.165) is 18.7 Å². The molecule has 100 valence electrons. The van der Waals surface area contributed by atoms with Crippen LogP contribution in [0.4, 0.5) is 11.4 Å². The van der Waals surface area contributed by atoms with Gasteiger partial charge in [-0.25, -0.2) is 0 Å². The number of aromatic hydroxyl groups is 1. The lowest BCUT2D eigenvalue weighted by Crippen LogP contribution is -2.22. The van der Waals surface area contributed by atoms with Gasteiger partial charge in [-0.3, -0.25) is 0 Å². The van der Waals surface area contributed by atoms with Crippen molar-refractivity contribution in [1.29, 1.82) is 0 Å². The molecule has 3 N–H and O–H groups in total. The number of nitrogen functional groups attached to an aromatic ring is 1. The quantitative estimate of drug-likeness (QED) is 0.651. The van der Waals surface area contributed by atoms with Gasteiger partial charge in [0.1, 0.15) is 5.75 Å². The Balaban J connectivity index is 2.24. The molecule has 2 aromatic carbocycles. The van der Waals surface area contributed by atoms with E-state index in [1.165, 1.54) is 11.3 Å². The maximum Gasteiger partial charge on any atom is 0.138 e. The fraction of sp³-hybridized carbons (Fsp3) is 0.250. The number of nitrogens with two attached hydrogens (primary N) is 1. The van der Waals surface area contributed by atoms with E-state index in [0.29, 0.717) is 5.69 Å². The van der Waals surface area contributed by atoms with E-state index in [1.54, 1.807) is 6.07 Å². The van der Waals surface area contributed by atoms with Crippen LogP contribution in [0.1, 0.15) is 18.1 Å². The van der Waals surface area contributed by atoms with Crippen molar-refractivity contribution in [3.05, 3.63) is 53.6 Å². The number of aryl methyl sites for hydroxylation is 1. The maximum atomic E-state index is 9.46. The molecule has 0 fully saturated rings. The molecule has 0 saturated heterocycles. The van der Waals surface area contributed by atoms with Crippen molar-refractivity contribution in [3.8, 4) is 5.75 Å². The maximum absolute atomic E-state index is 9.46. The minimum Gasteiger partial charge on any atom is -0.506 e. The average molecular weight is 256 g/mol. The van der Waals surface area contributed by atoms with Gasteiger partial charge in [-0.2, -0.15) is 0 Å². The number of rotatable bonds is 4. The molecule has 0 aliphatic rings. The van der Waals surface area contributed by atoms with E-state index in [-0.39, 0.29) is 5.75 Å². The summed E-state index contributed by atoms with van der Waals surface area (Å²) < 4.78 is 0. The second-order valence-electron chi connectivity index (χ2n) is 4.69. The predicted octanol–water partition coefficient (Wildman–Crippen LogP) is 3.31. The lowest BCUT2D eigenvalue weighted by atomic mass is 10.1. The standard InChI is InChI=1S/C16H20N2O/c1-3-18(15-7-5-4-6-12(15)2)11-13-8-9-16(19)14(17)10-13/h4-10,19H,3,11,17H2,1-2H3. The molecule has 0 aliphatic heterocycles. The van der Waals surface area contributed by atoms with Crippen molar-refractivity contribution in [2.24, 2.45) is 0 Å². The van der Waals surface area contributed by atoms with Crippen molar-refractivity contribution >= 4 is 11.4 Å². The normalized spacial score (nSPS) is 10.4. The van der Waals surface area contributed by atoms with E-state index in [2.05, 4.69) is 36.9 Å². The van der Waals surface area contributed by atoms with Crippen LogP contribution in [0.15, 0.2) is 42.5 Å². The Kier molecular flexibility index (Phi) is 3.95. The molecule has 0 unspecified atom stereocenters. The Labute approximate surface area is 114 Å². The summed E-state index contributed by atoms with van der Waals surface area (Å²) in [7, 11) is 0. The van der Waals surface area contributed by atoms with E-state index in [1.807, 2.05) is 18.2 Å². The first kappa shape index (κ1) is 13.3. The molecule has 0 heterocycles. The van der Waals surface area contributed by atoms with Crippen LogP contribution >= 0.6 is 0 Å². The number of anilines is 2. The Hall–Kier alpha value is -2.16. The molecule has 0 atom stereocenters. The summed E-state index contributed by atoms with van der Waals surface area (Å²) in [6, 6.07) is 13.7. The molecule has 0 saturated carbocycles. The molecular formula is C16H20N2O. The third-order valence-corrected chi connectivity index (χ3v) is 3.30. The summed E-state index contributed by atoms with van der Waals surface area (Å²) in [5.41, 5.74) is 9.76. The fourth-order valence-electron chi connectivity index (χ4n) is 2.21. The highest BCUT2D eigenvalue weighted by molar-refractivity contribution is 5.56. The van der Waals surface area contributed by atoms with Gasteiger partial charge in [0, 0.05) is 18.8 Å². The first-order valence-corrected chi connectivity index (χ1v) is 6.49. The van der Waals surface area contributed by atoms with Gasteiger partial charge in [-0.15, -0.1) is 0 Å². The van der Waals surface area contributed by atoms with Crippen LogP contribution in [0.2, 0.25) is 0 Å². The van der Waals surface area contributed by atoms with Crippen molar-refractivity contribution < 1.29 is 5.11 Å². The van der Waals surface area contributed by atoms with E-state index in [9.17, 15) is 5.11 Å². The third-order valence-electron chi connectivity index (χ3n) is 3.30. The highest BCUT2D eigenvalue weighted by Gasteiger charge is 2.08. The highest BCUT2D eigenvalue weighted by Crippen LogP contribution is 2.24. The van der Waals surface area contributed by atoms with Crippen molar-refractivity contribution in [2.75, 3.05) is 17.2 Å². The molecule has 2 rings (SSSR count). The summed E-state index contributed by atoms with van der Waals surface area (Å²) >= 11 is 0. The third kappa shape index (κ3) is 2.99. The predicted molar refractivity (Wildman–Crippen MR) is 80.4 cm³/mol. The molecule has 3 nitrogen and oxygen atoms in total. The van der Waals surface area contributed by atoms with Gasteiger partial charge in [-0.1, -0.05) is 24.3 Å². The number of phenols is 1. The van der Waals surface area contributed by atoms with Crippen LogP contribution in [0.25, 0.3) is 0 Å². The molecule has 0 spiro atoms. The van der Waals surface area contributed by atoms with Crippen molar-refractivity contribution in [2.45, 2.75) is 20.4 Å². The largest absolute Gasteiger partial charge is 0.506 e. The molecular weight excluding hydrogens is 236 g/mol. The monoisotopic (exact) mass is 256 g/mol. The number of phenolic OH excluding ortho intramolecular Hbond substituents is 1. The number of hydrogen-bond acceptors (Lipinski definition) is 3. The van der Waals surface area contributed by atoms with E-state index in [4.69, 9.17) is 5.73 Å². The van der Waals surface area contributed by atoms with Gasteiger partial charge in [0.15, 0.2) is 0 Å². The summed E-state index contributed by atoms with van der Waals surface area (Å²) in [6.07, 6.45) is 0. The average Bonchev–Trinajstić information content (AvgIpc) is 2.41. The topological polar surface area (TPSA) is 49.5 Å². The summed E-state index contributed by atoms with van der Waals surface area (Å²) in [4.78, 5) is 2.29. The Bertz CT molecular complexity index is 566. The van der Waals surface area contributed by atoms with Crippen LogP contribution in [-0.4, -0.2) is 11.7 Å². The smallest absolute Gasteiger partial charge is 0.138 e. The molecule has 0 bridgehead atoms. The van der Waals surface area contributed by atoms with Crippen LogP contribution in [0.3, 0.4) is 0 Å². The lowest BCUT2D eigenvalue weighted by Gasteiger charge is -2.25. The van der Waals surface area contributed by atoms with Gasteiger partial charge in [0.05, 0.1) is 5.69 Å². The zero-order chi connectivity index (χ0) is 13.8. The highest BCUT2D eigenvalue weighted by atomic mass is 16.3. The van der Waals surface area contributed by atoms with Crippen LogP contribution < -0.4 is 10.6 Å². The van der Waals surface area contributed by atoms with Crippen molar-refractivity contribution in [3.63, 3.8) is 0 Å². The Morgan fingerprint density at radius 1 is 1.16 bits per heavy atom. The molecule has 2 aromatic rings. The molecule has 0 aromatic heterocycles. The van der Waals surface area contributed by atoms with E-state index < -0.39 is 0 Å². The molecule has 0 aliphatic carbocycles. The number of para-hydroxylation sites is 1. The van der Waals surface area contributed by atoms with Gasteiger partial charge in [0.2, 0.25) is 0 Å². The zero-order valence-electron chi connectivity index (χ0n) is 11.4. The minimum atomic E-state index is 0.141. The van der Waals surface area contributed by atoms with Crippen LogP contribution in [0, 0.1) is 6.92 Å². The SMILES string of the molecule is CCN(Cc1ccc(O)c(N)c1)c1ccccc1C. The minimum absolute atomic E-state index is 0.141. The number of nitrogens with zero attached hydrogens (tertiary/aromatic N) is 1. The van der Waals surface area contributed by atoms with Gasteiger partial charge >= 0.3 is 0 Å².